The predicted octanol–water partition coefficient (Wildman–Crippen LogP) is 2.64. The van der Waals surface area contributed by atoms with Crippen molar-refractivity contribution in [2.75, 3.05) is 13.1 Å². The minimum Gasteiger partial charge on any atom is -0.317 e. The predicted molar refractivity (Wildman–Crippen MR) is 67.9 cm³/mol. The molecule has 16 heavy (non-hydrogen) atoms. The molecule has 0 aliphatic carbocycles. The monoisotopic (exact) mass is 236 g/mol. The van der Waals surface area contributed by atoms with Crippen molar-refractivity contribution in [3.05, 3.63) is 35.4 Å². The van der Waals surface area contributed by atoms with Gasteiger partial charge in [0.25, 0.3) is 0 Å². The molecule has 0 atom stereocenters. The number of nitrogens with one attached hydrogen (secondary N) is 1. The lowest BCUT2D eigenvalue weighted by molar-refractivity contribution is 0.460. The van der Waals surface area contributed by atoms with Crippen molar-refractivity contribution < 1.29 is 0 Å². The third-order valence-corrected chi connectivity index (χ3v) is 3.07. The number of hydrogen-bond acceptors (Lipinski definition) is 2. The zero-order chi connectivity index (χ0) is 10.5. The van der Waals surface area contributed by atoms with Gasteiger partial charge >= 0.3 is 0 Å². The lowest BCUT2D eigenvalue weighted by Crippen LogP contribution is -2.26. The standard InChI is InChI=1S/C13H16N2.ClH/c14-8-5-11-1-3-12(4-2-11)13-6-9-15-10-7-13;/h1-4,13,15H,5-7,9-10H2;1H. The molecule has 1 N–H and O–H groups in total. The number of nitriles is 1. The maximum absolute atomic E-state index is 8.58. The smallest absolute Gasteiger partial charge is 0.0669 e. The fraction of sp³-hybridized carbons (Fsp3) is 0.462. The van der Waals surface area contributed by atoms with Crippen LogP contribution in [0.5, 0.6) is 0 Å². The van der Waals surface area contributed by atoms with E-state index in [2.05, 4.69) is 35.7 Å². The van der Waals surface area contributed by atoms with Crippen LogP contribution in [0.15, 0.2) is 24.3 Å². The summed E-state index contributed by atoms with van der Waals surface area (Å²) in [6, 6.07) is 10.7. The fourth-order valence-electron chi connectivity index (χ4n) is 2.15. The van der Waals surface area contributed by atoms with Crippen LogP contribution in [0.2, 0.25) is 0 Å². The van der Waals surface area contributed by atoms with Crippen LogP contribution in [0.4, 0.5) is 0 Å². The quantitative estimate of drug-likeness (QED) is 0.857. The second kappa shape index (κ2) is 6.52. The minimum atomic E-state index is 0. The number of rotatable bonds is 2. The van der Waals surface area contributed by atoms with Gasteiger partial charge in [0.1, 0.15) is 0 Å². The molecule has 0 spiro atoms. The summed E-state index contributed by atoms with van der Waals surface area (Å²) < 4.78 is 0. The molecule has 1 saturated heterocycles. The van der Waals surface area contributed by atoms with Gasteiger partial charge in [0.05, 0.1) is 12.5 Å². The summed E-state index contributed by atoms with van der Waals surface area (Å²) in [4.78, 5) is 0. The SMILES string of the molecule is Cl.N#CCc1ccc(C2CCNCC2)cc1. The van der Waals surface area contributed by atoms with Crippen LogP contribution >= 0.6 is 12.4 Å². The molecule has 86 valence electrons. The Kier molecular flexibility index (Phi) is 5.31. The third kappa shape index (κ3) is 3.23. The Balaban J connectivity index is 0.00000128. The molecule has 1 aliphatic heterocycles. The van der Waals surface area contributed by atoms with Crippen LogP contribution < -0.4 is 5.32 Å². The van der Waals surface area contributed by atoms with Gasteiger partial charge in [-0.15, -0.1) is 12.4 Å². The molecule has 2 nitrogen and oxygen atoms in total. The highest BCUT2D eigenvalue weighted by molar-refractivity contribution is 5.85. The Bertz CT molecular complexity index is 347. The second-order valence-electron chi connectivity index (χ2n) is 4.10. The number of hydrogen-bond donors (Lipinski definition) is 1. The summed E-state index contributed by atoms with van der Waals surface area (Å²) in [6.45, 7) is 2.26. The van der Waals surface area contributed by atoms with E-state index < -0.39 is 0 Å². The molecule has 1 aromatic rings. The van der Waals surface area contributed by atoms with Crippen LogP contribution in [-0.2, 0) is 6.42 Å². The van der Waals surface area contributed by atoms with Crippen LogP contribution in [0.3, 0.4) is 0 Å². The molecule has 3 heteroatoms. The first kappa shape index (κ1) is 13.0. The molecule has 0 radical (unpaired) electrons. The first-order chi connectivity index (χ1) is 7.40. The molecule has 2 rings (SSSR count). The third-order valence-electron chi connectivity index (χ3n) is 3.07. The number of piperidine rings is 1. The fourth-order valence-corrected chi connectivity index (χ4v) is 2.15. The van der Waals surface area contributed by atoms with Crippen molar-refractivity contribution in [3.63, 3.8) is 0 Å². The van der Waals surface area contributed by atoms with Gasteiger partial charge < -0.3 is 5.32 Å². The molecule has 0 unspecified atom stereocenters. The number of nitrogens with zero attached hydrogens (tertiary/aromatic N) is 1. The summed E-state index contributed by atoms with van der Waals surface area (Å²) in [5.74, 6) is 0.711. The van der Waals surface area contributed by atoms with Gasteiger partial charge in [0.2, 0.25) is 0 Å². The van der Waals surface area contributed by atoms with Gasteiger partial charge in [-0.1, -0.05) is 24.3 Å². The van der Waals surface area contributed by atoms with E-state index in [1.807, 2.05) is 0 Å². The van der Waals surface area contributed by atoms with E-state index in [1.165, 1.54) is 18.4 Å². The van der Waals surface area contributed by atoms with Crippen molar-refractivity contribution in [2.45, 2.75) is 25.2 Å². The summed E-state index contributed by atoms with van der Waals surface area (Å²) in [5, 5.41) is 12.0. The van der Waals surface area contributed by atoms with Crippen molar-refractivity contribution in [1.29, 1.82) is 5.26 Å². The normalized spacial score (nSPS) is 16.2. The Hall–Kier alpha value is -1.04. The zero-order valence-corrected chi connectivity index (χ0v) is 10.1. The first-order valence-corrected chi connectivity index (χ1v) is 5.56. The Morgan fingerprint density at radius 2 is 1.81 bits per heavy atom. The lowest BCUT2D eigenvalue weighted by Gasteiger charge is -2.23. The van der Waals surface area contributed by atoms with Crippen molar-refractivity contribution in [1.82, 2.24) is 5.32 Å². The highest BCUT2D eigenvalue weighted by Crippen LogP contribution is 2.25. The number of benzene rings is 1. The molecule has 1 aromatic carbocycles. The molecule has 0 amide bonds. The van der Waals surface area contributed by atoms with E-state index in [4.69, 9.17) is 5.26 Å². The van der Waals surface area contributed by atoms with E-state index in [0.29, 0.717) is 12.3 Å². The molecule has 1 aliphatic rings. The van der Waals surface area contributed by atoms with Gasteiger partial charge in [-0.3, -0.25) is 0 Å². The van der Waals surface area contributed by atoms with Crippen molar-refractivity contribution in [3.8, 4) is 6.07 Å². The Morgan fingerprint density at radius 1 is 1.19 bits per heavy atom. The molecule has 1 fully saturated rings. The second-order valence-corrected chi connectivity index (χ2v) is 4.10. The molecule has 0 bridgehead atoms. The lowest BCUT2D eigenvalue weighted by atomic mass is 9.90. The van der Waals surface area contributed by atoms with Crippen LogP contribution in [-0.4, -0.2) is 13.1 Å². The molecule has 0 saturated carbocycles. The summed E-state index contributed by atoms with van der Waals surface area (Å²) >= 11 is 0. The van der Waals surface area contributed by atoms with E-state index in [9.17, 15) is 0 Å². The van der Waals surface area contributed by atoms with Crippen molar-refractivity contribution in [2.24, 2.45) is 0 Å². The van der Waals surface area contributed by atoms with E-state index in [-0.39, 0.29) is 12.4 Å². The topological polar surface area (TPSA) is 35.8 Å². The minimum absolute atomic E-state index is 0. The van der Waals surface area contributed by atoms with Gasteiger partial charge in [0, 0.05) is 0 Å². The maximum atomic E-state index is 8.58. The van der Waals surface area contributed by atoms with Gasteiger partial charge in [-0.25, -0.2) is 0 Å². The first-order valence-electron chi connectivity index (χ1n) is 5.56. The Morgan fingerprint density at radius 3 is 2.38 bits per heavy atom. The molecule has 0 aromatic heterocycles. The average molecular weight is 237 g/mol. The molecular weight excluding hydrogens is 220 g/mol. The summed E-state index contributed by atoms with van der Waals surface area (Å²) in [7, 11) is 0. The van der Waals surface area contributed by atoms with Gasteiger partial charge in [0.15, 0.2) is 0 Å². The molecule has 1 heterocycles. The maximum Gasteiger partial charge on any atom is 0.0669 e. The highest BCUT2D eigenvalue weighted by Gasteiger charge is 2.14. The Labute approximate surface area is 103 Å². The van der Waals surface area contributed by atoms with Crippen LogP contribution in [0, 0.1) is 11.3 Å². The van der Waals surface area contributed by atoms with E-state index in [0.717, 1.165) is 18.7 Å². The zero-order valence-electron chi connectivity index (χ0n) is 9.28. The van der Waals surface area contributed by atoms with Gasteiger partial charge in [-0.2, -0.15) is 5.26 Å². The number of halogens is 1. The van der Waals surface area contributed by atoms with Crippen molar-refractivity contribution >= 4 is 12.4 Å². The van der Waals surface area contributed by atoms with Crippen LogP contribution in [0.1, 0.15) is 29.9 Å². The van der Waals surface area contributed by atoms with Gasteiger partial charge in [-0.05, 0) is 43.0 Å². The van der Waals surface area contributed by atoms with E-state index in [1.54, 1.807) is 0 Å². The average Bonchev–Trinajstić information content (AvgIpc) is 2.32. The summed E-state index contributed by atoms with van der Waals surface area (Å²) in [5.41, 5.74) is 2.55. The van der Waals surface area contributed by atoms with Crippen LogP contribution in [0.25, 0.3) is 0 Å². The highest BCUT2D eigenvalue weighted by atomic mass is 35.5. The van der Waals surface area contributed by atoms with E-state index >= 15 is 0 Å². The molecular formula is C13H17ClN2. The largest absolute Gasteiger partial charge is 0.317 e. The summed E-state index contributed by atoms with van der Waals surface area (Å²) in [6.07, 6.45) is 2.99.